The minimum absolute atomic E-state index is 0.558. The van der Waals surface area contributed by atoms with Gasteiger partial charge in [-0.1, -0.05) is 36.4 Å². The fourth-order valence-electron chi connectivity index (χ4n) is 5.00. The summed E-state index contributed by atoms with van der Waals surface area (Å²) in [7, 11) is 0. The number of hydrogen-bond donors (Lipinski definition) is 0. The van der Waals surface area contributed by atoms with E-state index in [2.05, 4.69) is 75.9 Å². The number of benzene rings is 1. The van der Waals surface area contributed by atoms with E-state index >= 15 is 0 Å². The Balaban J connectivity index is 1.43. The first-order valence-corrected chi connectivity index (χ1v) is 10.2. The van der Waals surface area contributed by atoms with Crippen LogP contribution in [-0.2, 0) is 13.0 Å². The average molecular weight is 361 g/mol. The molecular formula is C23H28N4. The van der Waals surface area contributed by atoms with Gasteiger partial charge in [0.1, 0.15) is 5.82 Å². The Morgan fingerprint density at radius 1 is 1.04 bits per heavy atom. The van der Waals surface area contributed by atoms with E-state index in [0.29, 0.717) is 6.04 Å². The molecule has 2 atom stereocenters. The van der Waals surface area contributed by atoms with Crippen LogP contribution < -0.4 is 0 Å². The summed E-state index contributed by atoms with van der Waals surface area (Å²) < 4.78 is 2.22. The van der Waals surface area contributed by atoms with E-state index in [9.17, 15) is 0 Å². The molecule has 2 aliphatic rings. The molecule has 27 heavy (non-hydrogen) atoms. The molecule has 0 N–H and O–H groups in total. The fraction of sp³-hybridized carbons (Fsp3) is 0.435. The summed E-state index contributed by atoms with van der Waals surface area (Å²) in [4.78, 5) is 10.3. The summed E-state index contributed by atoms with van der Waals surface area (Å²) in [5.41, 5.74) is 3.91. The lowest BCUT2D eigenvalue weighted by Gasteiger charge is -2.43. The van der Waals surface area contributed by atoms with Crippen molar-refractivity contribution in [2.45, 2.75) is 44.8 Å². The maximum absolute atomic E-state index is 4.92. The van der Waals surface area contributed by atoms with Crippen molar-refractivity contribution in [3.05, 3.63) is 71.8 Å². The summed E-state index contributed by atoms with van der Waals surface area (Å²) >= 11 is 0. The van der Waals surface area contributed by atoms with Crippen LogP contribution in [0.4, 0.5) is 0 Å². The van der Waals surface area contributed by atoms with E-state index in [0.717, 1.165) is 24.8 Å². The molecule has 2 aromatic heterocycles. The molecule has 3 aromatic rings. The second-order valence-electron chi connectivity index (χ2n) is 8.13. The van der Waals surface area contributed by atoms with Crippen LogP contribution in [0.15, 0.2) is 54.7 Å². The highest BCUT2D eigenvalue weighted by Gasteiger charge is 2.36. The van der Waals surface area contributed by atoms with Crippen molar-refractivity contribution < 1.29 is 0 Å². The maximum atomic E-state index is 4.92. The van der Waals surface area contributed by atoms with Crippen LogP contribution in [0.5, 0.6) is 0 Å². The lowest BCUT2D eigenvalue weighted by molar-refractivity contribution is 0.0451. The molecule has 0 saturated carbocycles. The maximum Gasteiger partial charge on any atom is 0.110 e. The molecule has 2 fully saturated rings. The van der Waals surface area contributed by atoms with Crippen molar-refractivity contribution in [2.24, 2.45) is 0 Å². The normalized spacial score (nSPS) is 23.7. The molecule has 0 aliphatic carbocycles. The molecule has 0 spiro atoms. The van der Waals surface area contributed by atoms with Crippen molar-refractivity contribution >= 4 is 5.52 Å². The summed E-state index contributed by atoms with van der Waals surface area (Å²) in [6.45, 7) is 6.68. The second kappa shape index (κ2) is 7.10. The third-order valence-electron chi connectivity index (χ3n) is 6.37. The number of nitrogens with zero attached hydrogens (tertiary/aromatic N) is 4. The molecule has 0 bridgehead atoms. The van der Waals surface area contributed by atoms with Gasteiger partial charge in [0, 0.05) is 37.9 Å². The molecule has 4 heteroatoms. The number of aromatic nitrogens is 2. The van der Waals surface area contributed by atoms with Crippen LogP contribution in [0, 0.1) is 6.92 Å². The van der Waals surface area contributed by atoms with Gasteiger partial charge in [0.2, 0.25) is 0 Å². The van der Waals surface area contributed by atoms with Crippen molar-refractivity contribution in [2.75, 3.05) is 19.6 Å². The van der Waals surface area contributed by atoms with Crippen LogP contribution in [0.2, 0.25) is 0 Å². The largest absolute Gasteiger partial charge is 0.304 e. The molecule has 2 aliphatic heterocycles. The van der Waals surface area contributed by atoms with Crippen LogP contribution in [0.3, 0.4) is 0 Å². The minimum atomic E-state index is 0.558. The number of piperazine rings is 1. The van der Waals surface area contributed by atoms with E-state index in [4.69, 9.17) is 4.98 Å². The Hall–Kier alpha value is -2.17. The van der Waals surface area contributed by atoms with Gasteiger partial charge in [-0.3, -0.25) is 9.80 Å². The number of rotatable bonds is 4. The van der Waals surface area contributed by atoms with Crippen LogP contribution in [0.25, 0.3) is 5.52 Å². The fourth-order valence-corrected chi connectivity index (χ4v) is 5.00. The Bertz CT molecular complexity index is 917. The highest BCUT2D eigenvalue weighted by Crippen LogP contribution is 2.28. The minimum Gasteiger partial charge on any atom is -0.304 e. The first-order chi connectivity index (χ1) is 13.3. The molecule has 0 radical (unpaired) electrons. The molecule has 140 valence electrons. The van der Waals surface area contributed by atoms with Crippen molar-refractivity contribution in [1.82, 2.24) is 19.2 Å². The number of imidazole rings is 1. The first kappa shape index (κ1) is 17.0. The first-order valence-electron chi connectivity index (χ1n) is 10.2. The number of pyridine rings is 1. The molecule has 5 rings (SSSR count). The number of fused-ring (bicyclic) bond motifs is 2. The Labute approximate surface area is 161 Å². The monoisotopic (exact) mass is 360 g/mol. The van der Waals surface area contributed by atoms with Gasteiger partial charge < -0.3 is 4.40 Å². The van der Waals surface area contributed by atoms with Gasteiger partial charge in [-0.25, -0.2) is 4.98 Å². The molecule has 0 unspecified atom stereocenters. The Kier molecular flexibility index (Phi) is 4.46. The van der Waals surface area contributed by atoms with E-state index in [1.54, 1.807) is 0 Å². The lowest BCUT2D eigenvalue weighted by Crippen LogP contribution is -2.56. The van der Waals surface area contributed by atoms with Crippen LogP contribution in [0.1, 0.15) is 29.9 Å². The lowest BCUT2D eigenvalue weighted by atomic mass is 9.99. The smallest absolute Gasteiger partial charge is 0.110 e. The molecular weight excluding hydrogens is 332 g/mol. The van der Waals surface area contributed by atoms with Gasteiger partial charge >= 0.3 is 0 Å². The number of aryl methyl sites for hydroxylation is 1. The molecule has 4 nitrogen and oxygen atoms in total. The van der Waals surface area contributed by atoms with Gasteiger partial charge in [0.15, 0.2) is 0 Å². The Morgan fingerprint density at radius 3 is 2.78 bits per heavy atom. The highest BCUT2D eigenvalue weighted by molar-refractivity contribution is 5.53. The van der Waals surface area contributed by atoms with Gasteiger partial charge in [-0.15, -0.1) is 0 Å². The van der Waals surface area contributed by atoms with Crippen molar-refractivity contribution in [3.63, 3.8) is 0 Å². The third-order valence-corrected chi connectivity index (χ3v) is 6.37. The zero-order chi connectivity index (χ0) is 18.2. The number of hydrogen-bond acceptors (Lipinski definition) is 3. The predicted octanol–water partition coefficient (Wildman–Crippen LogP) is 3.53. The standard InChI is InChI=1S/C23H28N4/c1-18-24-22(23-11-5-6-13-27(18)23)17-26-15-20-10-7-12-25(20)16-21(26)14-19-8-3-2-4-9-19/h2-6,8-9,11,13,20-21H,7,10,12,14-17H2,1H3/t20-,21+/m0/s1. The molecule has 2 saturated heterocycles. The van der Waals surface area contributed by atoms with Gasteiger partial charge in [0.25, 0.3) is 0 Å². The van der Waals surface area contributed by atoms with E-state index in [1.807, 2.05) is 0 Å². The summed E-state index contributed by atoms with van der Waals surface area (Å²) in [5.74, 6) is 1.08. The van der Waals surface area contributed by atoms with Gasteiger partial charge in [0.05, 0.1) is 11.2 Å². The van der Waals surface area contributed by atoms with Crippen LogP contribution >= 0.6 is 0 Å². The van der Waals surface area contributed by atoms with Crippen molar-refractivity contribution in [1.29, 1.82) is 0 Å². The van der Waals surface area contributed by atoms with Crippen molar-refractivity contribution in [3.8, 4) is 0 Å². The second-order valence-corrected chi connectivity index (χ2v) is 8.13. The van der Waals surface area contributed by atoms with E-state index < -0.39 is 0 Å². The molecule has 4 heterocycles. The predicted molar refractivity (Wildman–Crippen MR) is 109 cm³/mol. The van der Waals surface area contributed by atoms with Crippen LogP contribution in [-0.4, -0.2) is 50.9 Å². The molecule has 1 aromatic carbocycles. The van der Waals surface area contributed by atoms with E-state index in [1.165, 1.54) is 49.2 Å². The zero-order valence-electron chi connectivity index (χ0n) is 16.1. The van der Waals surface area contributed by atoms with Gasteiger partial charge in [-0.05, 0) is 50.4 Å². The van der Waals surface area contributed by atoms with Gasteiger partial charge in [-0.2, -0.15) is 0 Å². The molecule has 0 amide bonds. The zero-order valence-corrected chi connectivity index (χ0v) is 16.1. The SMILES string of the molecule is Cc1nc(CN2C[C@@H]3CCCN3C[C@H]2Cc2ccccc2)c2ccccn12. The van der Waals surface area contributed by atoms with E-state index in [-0.39, 0.29) is 0 Å². The Morgan fingerprint density at radius 2 is 1.89 bits per heavy atom. The third kappa shape index (κ3) is 3.28. The average Bonchev–Trinajstić information content (AvgIpc) is 3.27. The summed E-state index contributed by atoms with van der Waals surface area (Å²) in [5, 5.41) is 0. The summed E-state index contributed by atoms with van der Waals surface area (Å²) in [6, 6.07) is 18.7. The summed E-state index contributed by atoms with van der Waals surface area (Å²) in [6.07, 6.45) is 5.94. The highest BCUT2D eigenvalue weighted by atomic mass is 15.3. The quantitative estimate of drug-likeness (QED) is 0.711. The topological polar surface area (TPSA) is 23.8 Å².